The molecule has 1 atom stereocenters. The number of hydrogen-bond acceptors (Lipinski definition) is 5. The molecule has 0 radical (unpaired) electrons. The number of rotatable bonds is 5. The Balaban J connectivity index is 1.84. The number of aliphatic hydroxyl groups is 1. The second kappa shape index (κ2) is 7.43. The molecule has 2 aromatic rings. The fourth-order valence-electron chi connectivity index (χ4n) is 2.85. The molecule has 134 valence electrons. The van der Waals surface area contributed by atoms with Crippen LogP contribution in [0.1, 0.15) is 5.56 Å². The predicted molar refractivity (Wildman–Crippen MR) is 96.5 cm³/mol. The standard InChI is InChI=1S/C18H22N2O4S/c1-20(9-10-21)16-7-8-18-17(12-16)24-13-15(19-25(18,22)23)11-14-5-3-2-4-6-14/h2-8,12,15,19,21H,9-11,13H2,1H3/t15-/m0/s1. The minimum atomic E-state index is -3.65. The van der Waals surface area contributed by atoms with Crippen LogP contribution in [0.25, 0.3) is 0 Å². The highest BCUT2D eigenvalue weighted by molar-refractivity contribution is 7.89. The van der Waals surface area contributed by atoms with Crippen molar-refractivity contribution in [2.45, 2.75) is 17.4 Å². The highest BCUT2D eigenvalue weighted by Crippen LogP contribution is 2.31. The summed E-state index contributed by atoms with van der Waals surface area (Å²) in [6, 6.07) is 14.4. The topological polar surface area (TPSA) is 78.9 Å². The Morgan fingerprint density at radius 2 is 2.00 bits per heavy atom. The predicted octanol–water partition coefficient (Wildman–Crippen LogP) is 1.40. The molecule has 2 N–H and O–H groups in total. The van der Waals surface area contributed by atoms with Crippen molar-refractivity contribution in [2.24, 2.45) is 0 Å². The maximum absolute atomic E-state index is 12.7. The van der Waals surface area contributed by atoms with Crippen molar-refractivity contribution in [1.82, 2.24) is 4.72 Å². The van der Waals surface area contributed by atoms with Gasteiger partial charge in [-0.25, -0.2) is 13.1 Å². The van der Waals surface area contributed by atoms with E-state index < -0.39 is 10.0 Å². The van der Waals surface area contributed by atoms with Crippen LogP contribution < -0.4 is 14.4 Å². The molecule has 1 heterocycles. The van der Waals surface area contributed by atoms with Crippen LogP contribution in [-0.4, -0.2) is 46.4 Å². The quantitative estimate of drug-likeness (QED) is 0.841. The molecular formula is C18H22N2O4S. The Hall–Kier alpha value is -2.09. The fourth-order valence-corrected chi connectivity index (χ4v) is 4.20. The number of fused-ring (bicyclic) bond motifs is 1. The Morgan fingerprint density at radius 3 is 2.72 bits per heavy atom. The summed E-state index contributed by atoms with van der Waals surface area (Å²) in [5.74, 6) is 0.338. The third kappa shape index (κ3) is 4.12. The first-order chi connectivity index (χ1) is 12.0. The molecule has 0 unspecified atom stereocenters. The van der Waals surface area contributed by atoms with Gasteiger partial charge < -0.3 is 14.7 Å². The van der Waals surface area contributed by atoms with Gasteiger partial charge in [0.2, 0.25) is 10.0 Å². The number of sulfonamides is 1. The fraction of sp³-hybridized carbons (Fsp3) is 0.333. The molecule has 1 aliphatic heterocycles. The van der Waals surface area contributed by atoms with E-state index in [1.165, 1.54) is 0 Å². The van der Waals surface area contributed by atoms with Crippen LogP contribution in [0.15, 0.2) is 53.4 Å². The molecule has 0 spiro atoms. The molecule has 0 bridgehead atoms. The minimum Gasteiger partial charge on any atom is -0.490 e. The van der Waals surface area contributed by atoms with Crippen LogP contribution in [0.2, 0.25) is 0 Å². The lowest BCUT2D eigenvalue weighted by molar-refractivity contribution is 0.279. The van der Waals surface area contributed by atoms with Gasteiger partial charge in [0.05, 0.1) is 12.6 Å². The first-order valence-electron chi connectivity index (χ1n) is 8.15. The van der Waals surface area contributed by atoms with Gasteiger partial charge in [0, 0.05) is 25.3 Å². The molecule has 0 fully saturated rings. The van der Waals surface area contributed by atoms with Gasteiger partial charge in [-0.3, -0.25) is 0 Å². The third-order valence-corrected chi connectivity index (χ3v) is 5.74. The number of anilines is 1. The van der Waals surface area contributed by atoms with Gasteiger partial charge in [0.15, 0.2) is 0 Å². The van der Waals surface area contributed by atoms with E-state index in [-0.39, 0.29) is 24.2 Å². The van der Waals surface area contributed by atoms with E-state index in [0.29, 0.717) is 18.7 Å². The van der Waals surface area contributed by atoms with E-state index in [2.05, 4.69) is 4.72 Å². The number of benzene rings is 2. The SMILES string of the molecule is CN(CCO)c1ccc2c(c1)OC[C@H](Cc1ccccc1)NS2(=O)=O. The summed E-state index contributed by atoms with van der Waals surface area (Å²) in [6.45, 7) is 0.738. The molecule has 0 amide bonds. The average molecular weight is 362 g/mol. The van der Waals surface area contributed by atoms with Crippen LogP contribution >= 0.6 is 0 Å². The molecule has 0 saturated heterocycles. The van der Waals surface area contributed by atoms with Gasteiger partial charge in [-0.05, 0) is 24.1 Å². The second-order valence-corrected chi connectivity index (χ2v) is 7.78. The van der Waals surface area contributed by atoms with Crippen molar-refractivity contribution in [3.63, 3.8) is 0 Å². The van der Waals surface area contributed by atoms with Crippen LogP contribution in [0, 0.1) is 0 Å². The summed E-state index contributed by atoms with van der Waals surface area (Å²) >= 11 is 0. The summed E-state index contributed by atoms with van der Waals surface area (Å²) in [4.78, 5) is 1.99. The molecular weight excluding hydrogens is 340 g/mol. The van der Waals surface area contributed by atoms with Gasteiger partial charge in [0.1, 0.15) is 17.3 Å². The summed E-state index contributed by atoms with van der Waals surface area (Å²) in [6.07, 6.45) is 0.561. The smallest absolute Gasteiger partial charge is 0.244 e. The molecule has 1 aliphatic rings. The Morgan fingerprint density at radius 1 is 1.24 bits per heavy atom. The van der Waals surface area contributed by atoms with Gasteiger partial charge in [-0.15, -0.1) is 0 Å². The van der Waals surface area contributed by atoms with Crippen molar-refractivity contribution >= 4 is 15.7 Å². The zero-order valence-corrected chi connectivity index (χ0v) is 14.9. The Kier molecular flexibility index (Phi) is 5.27. The zero-order chi connectivity index (χ0) is 17.9. The molecule has 3 rings (SSSR count). The highest BCUT2D eigenvalue weighted by atomic mass is 32.2. The van der Waals surface area contributed by atoms with Crippen molar-refractivity contribution in [2.75, 3.05) is 31.7 Å². The Bertz CT molecular complexity index is 824. The maximum Gasteiger partial charge on any atom is 0.244 e. The molecule has 25 heavy (non-hydrogen) atoms. The van der Waals surface area contributed by atoms with E-state index in [1.54, 1.807) is 18.2 Å². The second-order valence-electron chi connectivity index (χ2n) is 6.10. The van der Waals surface area contributed by atoms with Gasteiger partial charge in [0.25, 0.3) is 0 Å². The Labute approximate surface area is 148 Å². The largest absolute Gasteiger partial charge is 0.490 e. The van der Waals surface area contributed by atoms with Crippen LogP contribution in [0.5, 0.6) is 5.75 Å². The highest BCUT2D eigenvalue weighted by Gasteiger charge is 2.28. The van der Waals surface area contributed by atoms with Crippen molar-refractivity contribution < 1.29 is 18.3 Å². The molecule has 0 saturated carbocycles. The first-order valence-corrected chi connectivity index (χ1v) is 9.63. The maximum atomic E-state index is 12.7. The number of likely N-dealkylation sites (N-methyl/N-ethyl adjacent to an activating group) is 1. The molecule has 0 aliphatic carbocycles. The third-order valence-electron chi connectivity index (χ3n) is 4.18. The molecule has 6 nitrogen and oxygen atoms in total. The van der Waals surface area contributed by atoms with Crippen molar-refractivity contribution in [1.29, 1.82) is 0 Å². The number of nitrogens with zero attached hydrogens (tertiary/aromatic N) is 1. The normalized spacial score (nSPS) is 18.7. The van der Waals surface area contributed by atoms with E-state index in [0.717, 1.165) is 11.3 Å². The van der Waals surface area contributed by atoms with Crippen LogP contribution in [-0.2, 0) is 16.4 Å². The van der Waals surface area contributed by atoms with Gasteiger partial charge in [-0.1, -0.05) is 30.3 Å². The number of aliphatic hydroxyl groups excluding tert-OH is 1. The lowest BCUT2D eigenvalue weighted by Gasteiger charge is -2.19. The van der Waals surface area contributed by atoms with E-state index in [4.69, 9.17) is 9.84 Å². The van der Waals surface area contributed by atoms with E-state index in [9.17, 15) is 8.42 Å². The van der Waals surface area contributed by atoms with Crippen LogP contribution in [0.4, 0.5) is 5.69 Å². The molecule has 0 aromatic heterocycles. The average Bonchev–Trinajstić information content (AvgIpc) is 2.72. The minimum absolute atomic E-state index is 0.0213. The summed E-state index contributed by atoms with van der Waals surface area (Å²) in [7, 11) is -1.81. The molecule has 7 heteroatoms. The van der Waals surface area contributed by atoms with Crippen LogP contribution in [0.3, 0.4) is 0 Å². The summed E-state index contributed by atoms with van der Waals surface area (Å²) < 4.78 is 33.8. The van der Waals surface area contributed by atoms with Gasteiger partial charge in [-0.2, -0.15) is 0 Å². The van der Waals surface area contributed by atoms with E-state index in [1.807, 2.05) is 42.3 Å². The van der Waals surface area contributed by atoms with Gasteiger partial charge >= 0.3 is 0 Å². The summed E-state index contributed by atoms with van der Waals surface area (Å²) in [5, 5.41) is 9.06. The zero-order valence-electron chi connectivity index (χ0n) is 14.1. The monoisotopic (exact) mass is 362 g/mol. The lowest BCUT2D eigenvalue weighted by atomic mass is 10.1. The number of ether oxygens (including phenoxy) is 1. The number of hydrogen-bond donors (Lipinski definition) is 2. The van der Waals surface area contributed by atoms with Crippen molar-refractivity contribution in [3.05, 3.63) is 54.1 Å². The lowest BCUT2D eigenvalue weighted by Crippen LogP contribution is -2.38. The van der Waals surface area contributed by atoms with E-state index >= 15 is 0 Å². The first kappa shape index (κ1) is 17.7. The summed E-state index contributed by atoms with van der Waals surface area (Å²) in [5.41, 5.74) is 1.85. The van der Waals surface area contributed by atoms with Crippen molar-refractivity contribution in [3.8, 4) is 5.75 Å². The number of nitrogens with one attached hydrogen (secondary N) is 1. The molecule has 2 aromatic carbocycles.